The van der Waals surface area contributed by atoms with Gasteiger partial charge in [-0.2, -0.15) is 0 Å². The van der Waals surface area contributed by atoms with Crippen molar-refractivity contribution in [1.29, 1.82) is 0 Å². The van der Waals surface area contributed by atoms with Crippen LogP contribution >= 0.6 is 7.53 Å². The Kier molecular flexibility index (Phi) is 2.94. The van der Waals surface area contributed by atoms with E-state index in [1.165, 1.54) is 26.3 Å². The molecule has 0 saturated carbocycles. The molecule has 0 saturated heterocycles. The summed E-state index contributed by atoms with van der Waals surface area (Å²) in [6.45, 7) is 0. The molecule has 0 aliphatic heterocycles. The van der Waals surface area contributed by atoms with Crippen molar-refractivity contribution in [3.63, 3.8) is 0 Å². The molecule has 0 aliphatic rings. The number of hydrogen-bond donors (Lipinski definition) is 0. The Hall–Kier alpha value is -2.24. The van der Waals surface area contributed by atoms with Crippen LogP contribution in [0.4, 0.5) is 0 Å². The number of rotatable bonds is 2. The number of benzene rings is 3. The summed E-state index contributed by atoms with van der Waals surface area (Å²) >= 11 is 0. The van der Waals surface area contributed by atoms with Crippen LogP contribution in [0.15, 0.2) is 72.8 Å². The Morgan fingerprint density at radius 1 is 0.714 bits per heavy atom. The lowest BCUT2D eigenvalue weighted by atomic mass is 10.1. The average molecular weight is 290 g/mol. The van der Waals surface area contributed by atoms with E-state index in [1.807, 2.05) is 0 Å². The molecule has 1 aromatic heterocycles. The van der Waals surface area contributed by atoms with Crippen molar-refractivity contribution < 1.29 is 4.74 Å². The first-order chi connectivity index (χ1) is 10.4. The first-order valence-electron chi connectivity index (χ1n) is 7.02. The van der Waals surface area contributed by atoms with Gasteiger partial charge in [0.05, 0.1) is 7.11 Å². The second kappa shape index (κ2) is 4.95. The van der Waals surface area contributed by atoms with Crippen molar-refractivity contribution in [3.05, 3.63) is 72.8 Å². The van der Waals surface area contributed by atoms with Crippen molar-refractivity contribution in [3.8, 4) is 11.1 Å². The quantitative estimate of drug-likeness (QED) is 0.441. The van der Waals surface area contributed by atoms with E-state index in [2.05, 4.69) is 72.8 Å². The van der Waals surface area contributed by atoms with Crippen LogP contribution in [0.3, 0.4) is 0 Å². The van der Waals surface area contributed by atoms with E-state index >= 15 is 0 Å². The van der Waals surface area contributed by atoms with Gasteiger partial charge in [-0.1, -0.05) is 74.3 Å². The molecule has 0 spiro atoms. The third-order valence-corrected chi connectivity index (χ3v) is 6.49. The predicted octanol–water partition coefficient (Wildman–Crippen LogP) is 5.98. The molecule has 4 rings (SSSR count). The predicted molar refractivity (Wildman–Crippen MR) is 92.1 cm³/mol. The topological polar surface area (TPSA) is 9.23 Å². The summed E-state index contributed by atoms with van der Waals surface area (Å²) in [6.07, 6.45) is 0. The summed E-state index contributed by atoms with van der Waals surface area (Å²) < 4.78 is 5.66. The molecule has 2 heteroatoms. The van der Waals surface area contributed by atoms with Gasteiger partial charge in [-0.25, -0.2) is 0 Å². The van der Waals surface area contributed by atoms with Crippen LogP contribution in [-0.4, -0.2) is 7.11 Å². The van der Waals surface area contributed by atoms with Crippen molar-refractivity contribution in [2.24, 2.45) is 0 Å². The van der Waals surface area contributed by atoms with Crippen molar-refractivity contribution in [1.82, 2.24) is 0 Å². The highest BCUT2D eigenvalue weighted by atomic mass is 31.1. The third-order valence-electron chi connectivity index (χ3n) is 3.89. The van der Waals surface area contributed by atoms with Gasteiger partial charge in [-0.05, 0) is 22.1 Å². The van der Waals surface area contributed by atoms with E-state index in [4.69, 9.17) is 4.74 Å². The van der Waals surface area contributed by atoms with Crippen molar-refractivity contribution >= 4 is 28.5 Å². The largest absolute Gasteiger partial charge is 0.496 e. The van der Waals surface area contributed by atoms with Gasteiger partial charge in [0.2, 0.25) is 0 Å². The van der Waals surface area contributed by atoms with Crippen LogP contribution in [-0.2, 0) is 0 Å². The Labute approximate surface area is 124 Å². The van der Waals surface area contributed by atoms with Crippen LogP contribution in [0.1, 0.15) is 0 Å². The van der Waals surface area contributed by atoms with Gasteiger partial charge in [0.25, 0.3) is 0 Å². The molecule has 1 atom stereocenters. The highest BCUT2D eigenvalue weighted by Gasteiger charge is 2.15. The summed E-state index contributed by atoms with van der Waals surface area (Å²) in [6, 6.07) is 25.9. The number of fused-ring (bicyclic) bond motifs is 3. The molecular formula is C19H15OP. The monoisotopic (exact) mass is 290 g/mol. The Balaban J connectivity index is 2.25. The van der Waals surface area contributed by atoms with Crippen LogP contribution in [0.2, 0.25) is 0 Å². The molecular weight excluding hydrogens is 275 g/mol. The molecule has 1 heterocycles. The number of hydrogen-bond acceptors (Lipinski definition) is 1. The van der Waals surface area contributed by atoms with E-state index in [0.29, 0.717) is 0 Å². The van der Waals surface area contributed by atoms with Crippen molar-refractivity contribution in [2.75, 3.05) is 7.11 Å². The summed E-state index contributed by atoms with van der Waals surface area (Å²) in [4.78, 5) is 0. The molecule has 0 aliphatic carbocycles. The minimum absolute atomic E-state index is 0.524. The van der Waals surface area contributed by atoms with Crippen LogP contribution in [0.25, 0.3) is 26.3 Å². The van der Waals surface area contributed by atoms with Gasteiger partial charge in [-0.15, -0.1) is 0 Å². The first kappa shape index (κ1) is 12.5. The van der Waals surface area contributed by atoms with E-state index in [-0.39, 0.29) is 0 Å². The Morgan fingerprint density at radius 2 is 1.43 bits per heavy atom. The van der Waals surface area contributed by atoms with Gasteiger partial charge in [0.15, 0.2) is 0 Å². The molecule has 21 heavy (non-hydrogen) atoms. The molecule has 0 bridgehead atoms. The molecule has 0 N–H and O–H groups in total. The second-order valence-corrected chi connectivity index (χ2v) is 7.16. The maximum absolute atomic E-state index is 5.66. The van der Waals surface area contributed by atoms with Crippen LogP contribution in [0, 0.1) is 0 Å². The lowest BCUT2D eigenvalue weighted by molar-refractivity contribution is 0.420. The standard InChI is InChI=1S/C19H15OP/c1-20-17-12-7-11-16-15-10-5-6-13-18(15)21(19(16)17)14-8-3-2-4-9-14/h2-13H,1H3. The van der Waals surface area contributed by atoms with E-state index in [1.54, 1.807) is 7.11 Å². The minimum Gasteiger partial charge on any atom is -0.496 e. The molecule has 3 aromatic carbocycles. The maximum atomic E-state index is 5.66. The zero-order valence-electron chi connectivity index (χ0n) is 11.8. The Bertz CT molecular complexity index is 922. The minimum atomic E-state index is -0.524. The number of methoxy groups -OCH3 is 1. The van der Waals surface area contributed by atoms with E-state index < -0.39 is 7.53 Å². The smallest absolute Gasteiger partial charge is 0.131 e. The normalized spacial score (nSPS) is 12.0. The summed E-state index contributed by atoms with van der Waals surface area (Å²) in [5, 5.41) is 6.82. The fourth-order valence-electron chi connectivity index (χ4n) is 3.00. The lowest BCUT2D eigenvalue weighted by Crippen LogP contribution is -1.81. The highest BCUT2D eigenvalue weighted by molar-refractivity contribution is 7.68. The van der Waals surface area contributed by atoms with Gasteiger partial charge in [0, 0.05) is 10.2 Å². The first-order valence-corrected chi connectivity index (χ1v) is 8.36. The lowest BCUT2D eigenvalue weighted by Gasteiger charge is -2.07. The summed E-state index contributed by atoms with van der Waals surface area (Å²) in [7, 11) is 1.24. The maximum Gasteiger partial charge on any atom is 0.131 e. The molecule has 1 nitrogen and oxygen atoms in total. The van der Waals surface area contributed by atoms with Gasteiger partial charge in [0.1, 0.15) is 5.75 Å². The highest BCUT2D eigenvalue weighted by Crippen LogP contribution is 2.57. The van der Waals surface area contributed by atoms with E-state index in [9.17, 15) is 0 Å². The second-order valence-electron chi connectivity index (χ2n) is 5.04. The fraction of sp³-hybridized carbons (Fsp3) is 0.0526. The average Bonchev–Trinajstić information content (AvgIpc) is 2.90. The van der Waals surface area contributed by atoms with Gasteiger partial charge >= 0.3 is 0 Å². The SMILES string of the molecule is COc1cccc2c3ccccc3p(-c3ccccc3)c12. The fourth-order valence-corrected chi connectivity index (χ4v) is 5.74. The molecule has 1 unspecified atom stereocenters. The summed E-state index contributed by atoms with van der Waals surface area (Å²) in [5.41, 5.74) is 0. The molecule has 0 fully saturated rings. The molecule has 102 valence electrons. The van der Waals surface area contributed by atoms with E-state index in [0.717, 1.165) is 5.75 Å². The molecule has 0 amide bonds. The van der Waals surface area contributed by atoms with Gasteiger partial charge < -0.3 is 4.74 Å². The van der Waals surface area contributed by atoms with Crippen LogP contribution < -0.4 is 4.74 Å². The molecule has 0 radical (unpaired) electrons. The van der Waals surface area contributed by atoms with Crippen molar-refractivity contribution in [2.45, 2.75) is 0 Å². The third kappa shape index (κ3) is 1.86. The number of ether oxygens (including phenoxy) is 1. The zero-order valence-corrected chi connectivity index (χ0v) is 12.7. The molecule has 4 aromatic rings. The Morgan fingerprint density at radius 3 is 2.24 bits per heavy atom. The van der Waals surface area contributed by atoms with Crippen LogP contribution in [0.5, 0.6) is 5.75 Å². The van der Waals surface area contributed by atoms with Gasteiger partial charge in [-0.3, -0.25) is 0 Å². The zero-order chi connectivity index (χ0) is 14.2. The summed E-state index contributed by atoms with van der Waals surface area (Å²) in [5.74, 6) is 0.999.